The van der Waals surface area contributed by atoms with Crippen molar-refractivity contribution in [3.8, 4) is 0 Å². The third-order valence-corrected chi connectivity index (χ3v) is 3.57. The summed E-state index contributed by atoms with van der Waals surface area (Å²) in [6.45, 7) is 0.809. The van der Waals surface area contributed by atoms with Crippen LogP contribution in [0.25, 0.3) is 10.1 Å². The first-order valence-electron chi connectivity index (χ1n) is 5.52. The van der Waals surface area contributed by atoms with Crippen LogP contribution in [0.1, 0.15) is 5.56 Å². The number of hydrogen-bond donors (Lipinski definition) is 1. The molecular weight excluding hydrogens is 228 g/mol. The molecule has 0 saturated heterocycles. The minimum absolute atomic E-state index is 0.809. The Labute approximate surface area is 104 Å². The van der Waals surface area contributed by atoms with Gasteiger partial charge in [0.25, 0.3) is 0 Å². The van der Waals surface area contributed by atoms with Gasteiger partial charge in [0.2, 0.25) is 0 Å². The topological polar surface area (TPSA) is 24.9 Å². The summed E-state index contributed by atoms with van der Waals surface area (Å²) in [4.78, 5) is 4.10. The fourth-order valence-electron chi connectivity index (χ4n) is 1.78. The molecule has 2 nitrogen and oxygen atoms in total. The van der Waals surface area contributed by atoms with Crippen molar-refractivity contribution in [1.82, 2.24) is 4.98 Å². The molecule has 0 saturated carbocycles. The molecule has 0 radical (unpaired) electrons. The van der Waals surface area contributed by atoms with Gasteiger partial charge in [-0.3, -0.25) is 4.98 Å². The molecule has 0 bridgehead atoms. The minimum Gasteiger partial charge on any atom is -0.381 e. The van der Waals surface area contributed by atoms with E-state index in [1.165, 1.54) is 15.6 Å². The Morgan fingerprint density at radius 1 is 1.18 bits per heavy atom. The predicted molar refractivity (Wildman–Crippen MR) is 73.4 cm³/mol. The zero-order valence-corrected chi connectivity index (χ0v) is 10.1. The monoisotopic (exact) mass is 240 g/mol. The summed E-state index contributed by atoms with van der Waals surface area (Å²) in [5, 5.41) is 6.83. The lowest BCUT2D eigenvalue weighted by Gasteiger charge is -2.06. The fourth-order valence-corrected chi connectivity index (χ4v) is 2.55. The van der Waals surface area contributed by atoms with Crippen molar-refractivity contribution >= 4 is 27.1 Å². The van der Waals surface area contributed by atoms with E-state index in [1.807, 2.05) is 12.3 Å². The Balaban J connectivity index is 1.76. The molecule has 1 aromatic carbocycles. The maximum atomic E-state index is 4.10. The number of anilines is 1. The fraction of sp³-hybridized carbons (Fsp3) is 0.0714. The minimum atomic E-state index is 0.809. The first-order chi connectivity index (χ1) is 8.42. The SMILES string of the molecule is c1cncc(CNc2ccc3sccc3c2)c1. The van der Waals surface area contributed by atoms with Crippen LogP contribution < -0.4 is 5.32 Å². The van der Waals surface area contributed by atoms with Gasteiger partial charge in [0.1, 0.15) is 0 Å². The van der Waals surface area contributed by atoms with Crippen LogP contribution in [0.3, 0.4) is 0 Å². The summed E-state index contributed by atoms with van der Waals surface area (Å²) >= 11 is 1.77. The third-order valence-electron chi connectivity index (χ3n) is 2.67. The Morgan fingerprint density at radius 3 is 3.06 bits per heavy atom. The quantitative estimate of drug-likeness (QED) is 0.750. The van der Waals surface area contributed by atoms with Gasteiger partial charge in [0, 0.05) is 29.3 Å². The van der Waals surface area contributed by atoms with E-state index in [0.29, 0.717) is 0 Å². The van der Waals surface area contributed by atoms with Gasteiger partial charge in [0.05, 0.1) is 0 Å². The van der Waals surface area contributed by atoms with E-state index in [-0.39, 0.29) is 0 Å². The highest BCUT2D eigenvalue weighted by Gasteiger charge is 1.97. The van der Waals surface area contributed by atoms with Crippen LogP contribution in [0.4, 0.5) is 5.69 Å². The van der Waals surface area contributed by atoms with E-state index in [4.69, 9.17) is 0 Å². The number of hydrogen-bond acceptors (Lipinski definition) is 3. The Bertz CT molecular complexity index is 616. The number of nitrogens with zero attached hydrogens (tertiary/aromatic N) is 1. The third kappa shape index (κ3) is 2.29. The van der Waals surface area contributed by atoms with Gasteiger partial charge >= 0.3 is 0 Å². The number of aromatic nitrogens is 1. The van der Waals surface area contributed by atoms with Gasteiger partial charge in [-0.2, -0.15) is 0 Å². The van der Waals surface area contributed by atoms with E-state index < -0.39 is 0 Å². The maximum absolute atomic E-state index is 4.10. The molecule has 0 spiro atoms. The van der Waals surface area contributed by atoms with E-state index in [2.05, 4.69) is 46.0 Å². The zero-order valence-electron chi connectivity index (χ0n) is 9.26. The molecule has 0 aliphatic carbocycles. The summed E-state index contributed by atoms with van der Waals surface area (Å²) in [7, 11) is 0. The summed E-state index contributed by atoms with van der Waals surface area (Å²) in [6.07, 6.45) is 3.68. The van der Waals surface area contributed by atoms with Gasteiger partial charge < -0.3 is 5.32 Å². The number of rotatable bonds is 3. The number of pyridine rings is 1. The normalized spacial score (nSPS) is 10.6. The van der Waals surface area contributed by atoms with Crippen molar-refractivity contribution in [3.63, 3.8) is 0 Å². The molecule has 2 heterocycles. The molecule has 3 aromatic rings. The second-order valence-corrected chi connectivity index (χ2v) is 4.84. The molecule has 0 amide bonds. The number of thiophene rings is 1. The van der Waals surface area contributed by atoms with Crippen molar-refractivity contribution in [2.24, 2.45) is 0 Å². The lowest BCUT2D eigenvalue weighted by atomic mass is 10.2. The van der Waals surface area contributed by atoms with Crippen LogP contribution in [0.15, 0.2) is 54.2 Å². The first kappa shape index (κ1) is 10.3. The second kappa shape index (κ2) is 4.55. The van der Waals surface area contributed by atoms with Crippen molar-refractivity contribution in [2.45, 2.75) is 6.54 Å². The molecule has 17 heavy (non-hydrogen) atoms. The smallest absolute Gasteiger partial charge is 0.0416 e. The predicted octanol–water partition coefficient (Wildman–Crippen LogP) is 3.91. The molecule has 0 atom stereocenters. The largest absolute Gasteiger partial charge is 0.381 e. The average molecular weight is 240 g/mol. The van der Waals surface area contributed by atoms with Crippen LogP contribution in [-0.4, -0.2) is 4.98 Å². The van der Waals surface area contributed by atoms with Crippen LogP contribution >= 0.6 is 11.3 Å². The summed E-state index contributed by atoms with van der Waals surface area (Å²) < 4.78 is 1.33. The van der Waals surface area contributed by atoms with Gasteiger partial charge in [0.15, 0.2) is 0 Å². The van der Waals surface area contributed by atoms with Crippen molar-refractivity contribution in [2.75, 3.05) is 5.32 Å². The van der Waals surface area contributed by atoms with Gasteiger partial charge in [-0.15, -0.1) is 11.3 Å². The Hall–Kier alpha value is -1.87. The first-order valence-corrected chi connectivity index (χ1v) is 6.40. The molecule has 1 N–H and O–H groups in total. The van der Waals surface area contributed by atoms with Gasteiger partial charge in [-0.05, 0) is 46.7 Å². The number of benzene rings is 1. The van der Waals surface area contributed by atoms with Crippen molar-refractivity contribution < 1.29 is 0 Å². The van der Waals surface area contributed by atoms with E-state index in [0.717, 1.165) is 12.2 Å². The van der Waals surface area contributed by atoms with Gasteiger partial charge in [-0.1, -0.05) is 6.07 Å². The number of nitrogens with one attached hydrogen (secondary N) is 1. The highest BCUT2D eigenvalue weighted by molar-refractivity contribution is 7.17. The van der Waals surface area contributed by atoms with E-state index >= 15 is 0 Å². The average Bonchev–Trinajstić information content (AvgIpc) is 2.85. The Morgan fingerprint density at radius 2 is 2.18 bits per heavy atom. The zero-order chi connectivity index (χ0) is 11.5. The summed E-state index contributed by atoms with van der Waals surface area (Å²) in [6, 6.07) is 12.6. The van der Waals surface area contributed by atoms with E-state index in [1.54, 1.807) is 17.5 Å². The van der Waals surface area contributed by atoms with Crippen LogP contribution in [0.5, 0.6) is 0 Å². The van der Waals surface area contributed by atoms with Crippen LogP contribution in [0, 0.1) is 0 Å². The molecule has 0 aliphatic rings. The van der Waals surface area contributed by atoms with Crippen LogP contribution in [-0.2, 0) is 6.54 Å². The summed E-state index contributed by atoms with van der Waals surface area (Å²) in [5.74, 6) is 0. The molecule has 0 aliphatic heterocycles. The molecular formula is C14H12N2S. The highest BCUT2D eigenvalue weighted by atomic mass is 32.1. The van der Waals surface area contributed by atoms with Gasteiger partial charge in [-0.25, -0.2) is 0 Å². The van der Waals surface area contributed by atoms with Crippen LogP contribution in [0.2, 0.25) is 0 Å². The van der Waals surface area contributed by atoms with Crippen molar-refractivity contribution in [3.05, 3.63) is 59.7 Å². The molecule has 3 rings (SSSR count). The molecule has 2 aromatic heterocycles. The molecule has 0 fully saturated rings. The van der Waals surface area contributed by atoms with Crippen molar-refractivity contribution in [1.29, 1.82) is 0 Å². The lowest BCUT2D eigenvalue weighted by molar-refractivity contribution is 1.11. The molecule has 3 heteroatoms. The Kier molecular flexibility index (Phi) is 2.76. The lowest BCUT2D eigenvalue weighted by Crippen LogP contribution is -1.99. The standard InChI is InChI=1S/C14H12N2S/c1-2-11(9-15-6-1)10-16-13-3-4-14-12(8-13)5-7-17-14/h1-9,16H,10H2. The molecule has 84 valence electrons. The van der Waals surface area contributed by atoms with E-state index in [9.17, 15) is 0 Å². The maximum Gasteiger partial charge on any atom is 0.0416 e. The molecule has 0 unspecified atom stereocenters. The highest BCUT2D eigenvalue weighted by Crippen LogP contribution is 2.24. The number of fused-ring (bicyclic) bond motifs is 1. The summed E-state index contributed by atoms with van der Waals surface area (Å²) in [5.41, 5.74) is 2.35. The second-order valence-electron chi connectivity index (χ2n) is 3.89.